The van der Waals surface area contributed by atoms with Crippen LogP contribution in [0.25, 0.3) is 0 Å². The number of hydrogen-bond donors (Lipinski definition) is 4. The standard InChI is InChI=1S/C24H23N5O4/c1-2-19(24(33)29-28-22(31)17-12-14-25-15-13-17)26-23(32)18-10-6-7-11-20(18)27-21(30)16-8-4-3-5-9-16/h3-15,19H,2H2,1H3,(H,26,32)(H,27,30)(H,28,31)(H,29,33)/t19-/m0/s1. The molecule has 0 bridgehead atoms. The molecule has 9 nitrogen and oxygen atoms in total. The van der Waals surface area contributed by atoms with Gasteiger partial charge in [0.15, 0.2) is 0 Å². The van der Waals surface area contributed by atoms with Crippen LogP contribution in [0.2, 0.25) is 0 Å². The minimum atomic E-state index is -0.909. The van der Waals surface area contributed by atoms with Crippen LogP contribution >= 0.6 is 0 Å². The Morgan fingerprint density at radius 2 is 1.39 bits per heavy atom. The number of nitrogens with zero attached hydrogens (tertiary/aromatic N) is 1. The molecule has 0 aliphatic rings. The average Bonchev–Trinajstić information content (AvgIpc) is 2.86. The van der Waals surface area contributed by atoms with Crippen molar-refractivity contribution < 1.29 is 19.2 Å². The molecular formula is C24H23N5O4. The highest BCUT2D eigenvalue weighted by Crippen LogP contribution is 2.17. The molecule has 0 aliphatic heterocycles. The van der Waals surface area contributed by atoms with Crippen LogP contribution in [0.1, 0.15) is 44.4 Å². The van der Waals surface area contributed by atoms with E-state index in [2.05, 4.69) is 26.5 Å². The zero-order valence-corrected chi connectivity index (χ0v) is 17.9. The summed E-state index contributed by atoms with van der Waals surface area (Å²) < 4.78 is 0. The van der Waals surface area contributed by atoms with Crippen molar-refractivity contribution in [1.82, 2.24) is 21.2 Å². The van der Waals surface area contributed by atoms with Crippen LogP contribution in [-0.4, -0.2) is 34.7 Å². The summed E-state index contributed by atoms with van der Waals surface area (Å²) in [5.41, 5.74) is 5.91. The Kier molecular flexibility index (Phi) is 7.85. The molecule has 0 fully saturated rings. The fourth-order valence-electron chi connectivity index (χ4n) is 2.94. The molecule has 168 valence electrons. The van der Waals surface area contributed by atoms with E-state index in [4.69, 9.17) is 0 Å². The first-order valence-corrected chi connectivity index (χ1v) is 10.3. The summed E-state index contributed by atoms with van der Waals surface area (Å²) in [7, 11) is 0. The van der Waals surface area contributed by atoms with Gasteiger partial charge in [-0.25, -0.2) is 0 Å². The van der Waals surface area contributed by atoms with Crippen LogP contribution in [-0.2, 0) is 4.79 Å². The lowest BCUT2D eigenvalue weighted by atomic mass is 10.1. The lowest BCUT2D eigenvalue weighted by molar-refractivity contribution is -0.123. The first-order chi connectivity index (χ1) is 16.0. The topological polar surface area (TPSA) is 129 Å². The van der Waals surface area contributed by atoms with Gasteiger partial charge in [0.1, 0.15) is 6.04 Å². The van der Waals surface area contributed by atoms with Crippen LogP contribution in [0.15, 0.2) is 79.1 Å². The van der Waals surface area contributed by atoms with E-state index in [-0.39, 0.29) is 17.9 Å². The van der Waals surface area contributed by atoms with Crippen LogP contribution in [0.3, 0.4) is 0 Å². The minimum absolute atomic E-state index is 0.203. The Morgan fingerprint density at radius 1 is 0.758 bits per heavy atom. The van der Waals surface area contributed by atoms with Gasteiger partial charge in [-0.05, 0) is 42.8 Å². The summed E-state index contributed by atoms with van der Waals surface area (Å²) in [6.45, 7) is 1.72. The van der Waals surface area contributed by atoms with Crippen molar-refractivity contribution >= 4 is 29.3 Å². The molecule has 1 aromatic heterocycles. The molecule has 33 heavy (non-hydrogen) atoms. The highest BCUT2D eigenvalue weighted by molar-refractivity contribution is 6.09. The molecule has 4 N–H and O–H groups in total. The number of hydrazine groups is 1. The van der Waals surface area contributed by atoms with Gasteiger partial charge in [-0.15, -0.1) is 0 Å². The number of para-hydroxylation sites is 1. The van der Waals surface area contributed by atoms with E-state index < -0.39 is 23.8 Å². The second-order valence-corrected chi connectivity index (χ2v) is 6.98. The Morgan fingerprint density at radius 3 is 2.09 bits per heavy atom. The van der Waals surface area contributed by atoms with E-state index in [9.17, 15) is 19.2 Å². The van der Waals surface area contributed by atoms with Crippen molar-refractivity contribution in [3.05, 3.63) is 95.8 Å². The number of pyridine rings is 1. The van der Waals surface area contributed by atoms with Crippen LogP contribution in [0, 0.1) is 0 Å². The summed E-state index contributed by atoms with van der Waals surface area (Å²) in [6, 6.07) is 17.2. The van der Waals surface area contributed by atoms with Gasteiger partial charge in [-0.1, -0.05) is 37.3 Å². The zero-order valence-electron chi connectivity index (χ0n) is 17.9. The van der Waals surface area contributed by atoms with Gasteiger partial charge in [-0.2, -0.15) is 0 Å². The molecule has 0 unspecified atom stereocenters. The third-order valence-corrected chi connectivity index (χ3v) is 4.73. The van der Waals surface area contributed by atoms with E-state index in [1.54, 1.807) is 61.5 Å². The highest BCUT2D eigenvalue weighted by atomic mass is 16.2. The number of amides is 4. The molecule has 3 rings (SSSR count). The SMILES string of the molecule is CC[C@H](NC(=O)c1ccccc1NC(=O)c1ccccc1)C(=O)NNC(=O)c1ccncc1. The summed E-state index contributed by atoms with van der Waals surface area (Å²) in [6.07, 6.45) is 3.20. The molecule has 1 atom stereocenters. The van der Waals surface area contributed by atoms with Crippen molar-refractivity contribution in [2.45, 2.75) is 19.4 Å². The van der Waals surface area contributed by atoms with E-state index in [0.717, 1.165) is 0 Å². The number of rotatable bonds is 7. The smallest absolute Gasteiger partial charge is 0.269 e. The summed E-state index contributed by atoms with van der Waals surface area (Å²) in [5, 5.41) is 5.36. The molecule has 0 radical (unpaired) electrons. The Balaban J connectivity index is 1.63. The number of nitrogens with one attached hydrogen (secondary N) is 4. The van der Waals surface area contributed by atoms with Crippen LogP contribution in [0.4, 0.5) is 5.69 Å². The van der Waals surface area contributed by atoms with E-state index in [1.165, 1.54) is 24.5 Å². The van der Waals surface area contributed by atoms with Gasteiger partial charge in [0, 0.05) is 23.5 Å². The highest BCUT2D eigenvalue weighted by Gasteiger charge is 2.22. The summed E-state index contributed by atoms with van der Waals surface area (Å²) >= 11 is 0. The van der Waals surface area contributed by atoms with Gasteiger partial charge in [-0.3, -0.25) is 35.0 Å². The van der Waals surface area contributed by atoms with E-state index in [0.29, 0.717) is 16.8 Å². The van der Waals surface area contributed by atoms with Gasteiger partial charge in [0.05, 0.1) is 11.3 Å². The monoisotopic (exact) mass is 445 g/mol. The number of carbonyl (C=O) groups excluding carboxylic acids is 4. The second kappa shape index (κ2) is 11.2. The quantitative estimate of drug-likeness (QED) is 0.415. The Hall–Kier alpha value is -4.53. The maximum Gasteiger partial charge on any atom is 0.269 e. The van der Waals surface area contributed by atoms with Crippen molar-refractivity contribution in [2.24, 2.45) is 0 Å². The van der Waals surface area contributed by atoms with Gasteiger partial charge < -0.3 is 10.6 Å². The van der Waals surface area contributed by atoms with Gasteiger partial charge >= 0.3 is 0 Å². The average molecular weight is 445 g/mol. The van der Waals surface area contributed by atoms with Crippen LogP contribution in [0.5, 0.6) is 0 Å². The van der Waals surface area contributed by atoms with Crippen molar-refractivity contribution in [3.63, 3.8) is 0 Å². The van der Waals surface area contributed by atoms with Gasteiger partial charge in [0.25, 0.3) is 23.6 Å². The predicted molar refractivity (Wildman–Crippen MR) is 122 cm³/mol. The molecule has 0 saturated heterocycles. The zero-order chi connectivity index (χ0) is 23.6. The Labute approximate surface area is 190 Å². The summed E-state index contributed by atoms with van der Waals surface area (Å²) in [4.78, 5) is 53.8. The molecule has 0 saturated carbocycles. The maximum atomic E-state index is 12.9. The molecule has 1 heterocycles. The van der Waals surface area contributed by atoms with Crippen molar-refractivity contribution in [1.29, 1.82) is 0 Å². The largest absolute Gasteiger partial charge is 0.340 e. The van der Waals surface area contributed by atoms with Gasteiger partial charge in [0.2, 0.25) is 0 Å². The molecule has 0 spiro atoms. The lowest BCUT2D eigenvalue weighted by Gasteiger charge is -2.18. The number of benzene rings is 2. The molecule has 4 amide bonds. The second-order valence-electron chi connectivity index (χ2n) is 6.98. The fourth-order valence-corrected chi connectivity index (χ4v) is 2.94. The molecular weight excluding hydrogens is 422 g/mol. The lowest BCUT2D eigenvalue weighted by Crippen LogP contribution is -2.52. The predicted octanol–water partition coefficient (Wildman–Crippen LogP) is 2.30. The third-order valence-electron chi connectivity index (χ3n) is 4.73. The number of carbonyl (C=O) groups is 4. The molecule has 0 aliphatic carbocycles. The number of aromatic nitrogens is 1. The van der Waals surface area contributed by atoms with E-state index in [1.807, 2.05) is 0 Å². The van der Waals surface area contributed by atoms with Crippen molar-refractivity contribution in [3.8, 4) is 0 Å². The molecule has 3 aromatic rings. The normalized spacial score (nSPS) is 11.1. The third kappa shape index (κ3) is 6.23. The van der Waals surface area contributed by atoms with E-state index >= 15 is 0 Å². The summed E-state index contributed by atoms with van der Waals surface area (Å²) in [5.74, 6) is -2.00. The maximum absolute atomic E-state index is 12.9. The first-order valence-electron chi connectivity index (χ1n) is 10.3. The fraction of sp³-hybridized carbons (Fsp3) is 0.125. The Bertz CT molecular complexity index is 1140. The molecule has 2 aromatic carbocycles. The first kappa shape index (κ1) is 23.1. The molecule has 9 heteroatoms. The minimum Gasteiger partial charge on any atom is -0.340 e. The van der Waals surface area contributed by atoms with Crippen LogP contribution < -0.4 is 21.5 Å². The number of hydrogen-bond acceptors (Lipinski definition) is 5. The number of anilines is 1. The van der Waals surface area contributed by atoms with Crippen molar-refractivity contribution in [2.75, 3.05) is 5.32 Å².